The molecule has 2 heterocycles. The molecule has 2 aromatic heterocycles. The van der Waals surface area contributed by atoms with Crippen LogP contribution in [0.25, 0.3) is 21.8 Å². The van der Waals surface area contributed by atoms with Gasteiger partial charge in [-0.1, -0.05) is 40.2 Å². The Morgan fingerprint density at radius 3 is 1.93 bits per heavy atom. The van der Waals surface area contributed by atoms with E-state index >= 15 is 0 Å². The van der Waals surface area contributed by atoms with E-state index in [1.54, 1.807) is 38.7 Å². The summed E-state index contributed by atoms with van der Waals surface area (Å²) in [5, 5.41) is 1.80. The fraction of sp³-hybridized carbons (Fsp3) is 0.136. The van der Waals surface area contributed by atoms with Crippen molar-refractivity contribution in [3.63, 3.8) is 0 Å². The Bertz CT molecular complexity index is 1160. The first-order valence-corrected chi connectivity index (χ1v) is 9.47. The van der Waals surface area contributed by atoms with Crippen LogP contribution in [-0.2, 0) is 4.74 Å². The van der Waals surface area contributed by atoms with Gasteiger partial charge in [-0.2, -0.15) is 0 Å². The molecule has 0 unspecified atom stereocenters. The van der Waals surface area contributed by atoms with Gasteiger partial charge >= 0.3 is 5.97 Å². The average molecular weight is 455 g/mol. The minimum atomic E-state index is -0.374. The normalized spacial score (nSPS) is 10.2. The van der Waals surface area contributed by atoms with Gasteiger partial charge in [0.1, 0.15) is 22.5 Å². The molecule has 4 rings (SSSR count). The number of benzene rings is 2. The van der Waals surface area contributed by atoms with Crippen LogP contribution in [0, 0.1) is 0 Å². The van der Waals surface area contributed by atoms with Gasteiger partial charge in [0.2, 0.25) is 0 Å². The molecule has 29 heavy (non-hydrogen) atoms. The van der Waals surface area contributed by atoms with E-state index in [4.69, 9.17) is 14.2 Å². The number of nitrogens with zero attached hydrogens (tertiary/aromatic N) is 2. The molecule has 0 radical (unpaired) electrons. The van der Waals surface area contributed by atoms with Crippen LogP contribution in [0.4, 0.5) is 0 Å². The molecule has 0 aliphatic rings. The van der Waals surface area contributed by atoms with Crippen LogP contribution in [0.1, 0.15) is 10.4 Å². The van der Waals surface area contributed by atoms with E-state index < -0.39 is 0 Å². The predicted octanol–water partition coefficient (Wildman–Crippen LogP) is 5.04. The van der Waals surface area contributed by atoms with Gasteiger partial charge < -0.3 is 14.2 Å². The van der Waals surface area contributed by atoms with Gasteiger partial charge in [-0.3, -0.25) is 9.97 Å². The molecule has 0 spiro atoms. The van der Waals surface area contributed by atoms with Gasteiger partial charge in [-0.25, -0.2) is 4.79 Å². The zero-order chi connectivity index (χ0) is 20.8. The Morgan fingerprint density at radius 1 is 0.793 bits per heavy atom. The molecule has 148 valence electrons. The van der Waals surface area contributed by atoms with Crippen molar-refractivity contribution in [1.29, 1.82) is 0 Å². The van der Waals surface area contributed by atoms with Crippen LogP contribution in [0.15, 0.2) is 65.4 Å². The van der Waals surface area contributed by atoms with Gasteiger partial charge in [-0.05, 0) is 24.3 Å². The Balaban J connectivity index is 0.000000169. The maximum Gasteiger partial charge on any atom is 0.338 e. The molecule has 4 aromatic rings. The lowest BCUT2D eigenvalue weighted by Crippen LogP contribution is -2.02. The van der Waals surface area contributed by atoms with Crippen molar-refractivity contribution >= 4 is 43.7 Å². The summed E-state index contributed by atoms with van der Waals surface area (Å²) in [5.41, 5.74) is 2.04. The van der Waals surface area contributed by atoms with E-state index in [1.165, 1.54) is 7.11 Å². The van der Waals surface area contributed by atoms with Gasteiger partial charge in [0, 0.05) is 27.6 Å². The third-order valence-corrected chi connectivity index (χ3v) is 4.95. The van der Waals surface area contributed by atoms with Gasteiger partial charge in [0.05, 0.1) is 26.9 Å². The SMILES string of the molecule is COC(=O)c1ccnc2c(OC)cccc12.COc1cccc2c(Br)ccnc12. The van der Waals surface area contributed by atoms with E-state index in [0.717, 1.165) is 26.5 Å². The number of para-hydroxylation sites is 2. The highest BCUT2D eigenvalue weighted by Gasteiger charge is 2.12. The Labute approximate surface area is 176 Å². The molecule has 0 amide bonds. The Morgan fingerprint density at radius 2 is 1.34 bits per heavy atom. The maximum absolute atomic E-state index is 11.5. The fourth-order valence-corrected chi connectivity index (χ4v) is 3.32. The summed E-state index contributed by atoms with van der Waals surface area (Å²) >= 11 is 3.46. The van der Waals surface area contributed by atoms with Crippen LogP contribution >= 0.6 is 15.9 Å². The summed E-state index contributed by atoms with van der Waals surface area (Å²) < 4.78 is 16.1. The number of hydrogen-bond donors (Lipinski definition) is 0. The van der Waals surface area contributed by atoms with Crippen molar-refractivity contribution in [2.24, 2.45) is 0 Å². The van der Waals surface area contributed by atoms with E-state index in [-0.39, 0.29) is 5.97 Å². The molecule has 0 aliphatic heterocycles. The number of fused-ring (bicyclic) bond motifs is 2. The van der Waals surface area contributed by atoms with E-state index in [1.807, 2.05) is 36.4 Å². The maximum atomic E-state index is 11.5. The molecule has 0 fully saturated rings. The van der Waals surface area contributed by atoms with Crippen molar-refractivity contribution in [2.45, 2.75) is 0 Å². The first-order valence-electron chi connectivity index (χ1n) is 8.68. The minimum absolute atomic E-state index is 0.374. The lowest BCUT2D eigenvalue weighted by Gasteiger charge is -2.07. The van der Waals surface area contributed by atoms with E-state index in [0.29, 0.717) is 16.8 Å². The van der Waals surface area contributed by atoms with Gasteiger partial charge in [0.25, 0.3) is 0 Å². The molecule has 7 heteroatoms. The summed E-state index contributed by atoms with van der Waals surface area (Å²) in [6, 6.07) is 14.8. The molecule has 6 nitrogen and oxygen atoms in total. The van der Waals surface area contributed by atoms with Crippen LogP contribution < -0.4 is 9.47 Å². The molecule has 0 N–H and O–H groups in total. The highest BCUT2D eigenvalue weighted by molar-refractivity contribution is 9.10. The van der Waals surface area contributed by atoms with Crippen molar-refractivity contribution in [1.82, 2.24) is 9.97 Å². The lowest BCUT2D eigenvalue weighted by molar-refractivity contribution is 0.0603. The second kappa shape index (κ2) is 9.34. The molecular formula is C22H19BrN2O4. The zero-order valence-electron chi connectivity index (χ0n) is 16.2. The highest BCUT2D eigenvalue weighted by Crippen LogP contribution is 2.28. The molecular weight excluding hydrogens is 436 g/mol. The quantitative estimate of drug-likeness (QED) is 0.404. The number of pyridine rings is 2. The predicted molar refractivity (Wildman–Crippen MR) is 116 cm³/mol. The molecule has 2 aromatic carbocycles. The number of carbonyl (C=O) groups excluding carboxylic acids is 1. The molecule has 0 saturated heterocycles. The number of halogens is 1. The van der Waals surface area contributed by atoms with Crippen molar-refractivity contribution in [2.75, 3.05) is 21.3 Å². The summed E-state index contributed by atoms with van der Waals surface area (Å²) in [5.74, 6) is 1.07. The zero-order valence-corrected chi connectivity index (χ0v) is 17.8. The third-order valence-electron chi connectivity index (χ3n) is 4.26. The summed E-state index contributed by atoms with van der Waals surface area (Å²) in [7, 11) is 4.58. The van der Waals surface area contributed by atoms with Crippen LogP contribution in [0.3, 0.4) is 0 Å². The lowest BCUT2D eigenvalue weighted by atomic mass is 10.1. The Hall–Kier alpha value is -3.19. The first kappa shape index (κ1) is 20.5. The topological polar surface area (TPSA) is 70.5 Å². The van der Waals surface area contributed by atoms with Crippen molar-refractivity contribution < 1.29 is 19.0 Å². The number of rotatable bonds is 3. The molecule has 0 bridgehead atoms. The summed E-state index contributed by atoms with van der Waals surface area (Å²) in [6.45, 7) is 0. The molecule has 0 aliphatic carbocycles. The summed E-state index contributed by atoms with van der Waals surface area (Å²) in [4.78, 5) is 20.0. The van der Waals surface area contributed by atoms with Crippen molar-refractivity contribution in [3.05, 3.63) is 71.0 Å². The van der Waals surface area contributed by atoms with E-state index in [2.05, 4.69) is 25.9 Å². The first-order chi connectivity index (χ1) is 14.1. The monoisotopic (exact) mass is 454 g/mol. The van der Waals surface area contributed by atoms with Gasteiger partial charge in [-0.15, -0.1) is 0 Å². The highest BCUT2D eigenvalue weighted by atomic mass is 79.9. The standard InChI is InChI=1S/C12H11NO3.C10H8BrNO/c1-15-10-5-3-4-8-9(12(14)16-2)6-7-13-11(8)10;1-13-9-4-2-3-7-8(11)5-6-12-10(7)9/h3-7H,1-2H3;2-6H,1H3. The summed E-state index contributed by atoms with van der Waals surface area (Å²) in [6.07, 6.45) is 3.33. The van der Waals surface area contributed by atoms with E-state index in [9.17, 15) is 4.79 Å². The van der Waals surface area contributed by atoms with Crippen LogP contribution in [-0.4, -0.2) is 37.3 Å². The van der Waals surface area contributed by atoms with Crippen LogP contribution in [0.5, 0.6) is 11.5 Å². The number of ether oxygens (including phenoxy) is 3. The number of esters is 1. The molecule has 0 atom stereocenters. The number of aromatic nitrogens is 2. The van der Waals surface area contributed by atoms with Gasteiger partial charge in [0.15, 0.2) is 0 Å². The number of hydrogen-bond acceptors (Lipinski definition) is 6. The average Bonchev–Trinajstić information content (AvgIpc) is 2.78. The smallest absolute Gasteiger partial charge is 0.338 e. The Kier molecular flexibility index (Phi) is 6.61. The second-order valence-corrected chi connectivity index (χ2v) is 6.71. The van der Waals surface area contributed by atoms with Crippen LogP contribution in [0.2, 0.25) is 0 Å². The fourth-order valence-electron chi connectivity index (χ4n) is 2.88. The number of methoxy groups -OCH3 is 3. The molecule has 0 saturated carbocycles. The minimum Gasteiger partial charge on any atom is -0.494 e. The second-order valence-electron chi connectivity index (χ2n) is 5.86. The largest absolute Gasteiger partial charge is 0.494 e. The third kappa shape index (κ3) is 4.30. The number of carbonyl (C=O) groups is 1. The van der Waals surface area contributed by atoms with Crippen molar-refractivity contribution in [3.8, 4) is 11.5 Å².